The topological polar surface area (TPSA) is 85.6 Å². The van der Waals surface area contributed by atoms with Gasteiger partial charge in [0.1, 0.15) is 5.15 Å². The molecule has 4 rings (SSSR count). The lowest BCUT2D eigenvalue weighted by molar-refractivity contribution is -0.252. The van der Waals surface area contributed by atoms with Crippen molar-refractivity contribution in [2.75, 3.05) is 5.32 Å². The Morgan fingerprint density at radius 3 is 2.62 bits per heavy atom. The molecule has 2 heterocycles. The second-order valence-electron chi connectivity index (χ2n) is 7.64. The molecule has 32 heavy (non-hydrogen) atoms. The maximum Gasteiger partial charge on any atom is 0.221 e. The van der Waals surface area contributed by atoms with Crippen LogP contribution in [0.1, 0.15) is 42.4 Å². The van der Waals surface area contributed by atoms with E-state index < -0.39 is 6.29 Å². The average molecular weight is 476 g/mol. The molecule has 1 saturated heterocycles. The van der Waals surface area contributed by atoms with Crippen molar-refractivity contribution in [1.82, 2.24) is 9.55 Å². The number of carbonyl (C=O) groups is 1. The Balaban J connectivity index is 1.61. The van der Waals surface area contributed by atoms with Gasteiger partial charge in [-0.05, 0) is 23.3 Å². The zero-order valence-electron chi connectivity index (χ0n) is 17.4. The van der Waals surface area contributed by atoms with E-state index in [0.717, 1.165) is 16.7 Å². The first-order chi connectivity index (χ1) is 15.4. The van der Waals surface area contributed by atoms with Crippen LogP contribution in [0.2, 0.25) is 10.3 Å². The van der Waals surface area contributed by atoms with Gasteiger partial charge in [0.25, 0.3) is 0 Å². The summed E-state index contributed by atoms with van der Waals surface area (Å²) in [5, 5.41) is 12.7. The van der Waals surface area contributed by atoms with Gasteiger partial charge in [-0.25, -0.2) is 4.98 Å². The molecule has 168 valence electrons. The van der Waals surface area contributed by atoms with E-state index in [1.165, 1.54) is 6.92 Å². The van der Waals surface area contributed by atoms with Crippen molar-refractivity contribution < 1.29 is 19.4 Å². The van der Waals surface area contributed by atoms with Crippen LogP contribution in [-0.2, 0) is 27.4 Å². The number of rotatable bonds is 6. The van der Waals surface area contributed by atoms with Gasteiger partial charge in [-0.3, -0.25) is 4.79 Å². The molecule has 3 unspecified atom stereocenters. The van der Waals surface area contributed by atoms with Gasteiger partial charge in [0, 0.05) is 24.6 Å². The molecule has 9 heteroatoms. The predicted octanol–water partition coefficient (Wildman–Crippen LogP) is 4.89. The Labute approximate surface area is 195 Å². The average Bonchev–Trinajstić information content (AvgIpc) is 3.11. The number of hydrogen-bond donors (Lipinski definition) is 2. The molecule has 0 aliphatic carbocycles. The SMILES string of the molecule is CC(=O)Nc1cccc(C2OC(Cn3cnc(Cl)c3Cl)CC(c3ccc(CO)cc3)O2)c1. The third-order valence-electron chi connectivity index (χ3n) is 5.23. The zero-order chi connectivity index (χ0) is 22.7. The molecule has 7 nitrogen and oxygen atoms in total. The Bertz CT molecular complexity index is 1090. The summed E-state index contributed by atoms with van der Waals surface area (Å²) in [6.07, 6.45) is 1.05. The molecule has 2 aromatic carbocycles. The van der Waals surface area contributed by atoms with E-state index >= 15 is 0 Å². The van der Waals surface area contributed by atoms with E-state index in [9.17, 15) is 9.90 Å². The van der Waals surface area contributed by atoms with Crippen molar-refractivity contribution in [2.24, 2.45) is 0 Å². The van der Waals surface area contributed by atoms with E-state index in [-0.39, 0.29) is 29.9 Å². The third-order valence-corrected chi connectivity index (χ3v) is 6.00. The fourth-order valence-corrected chi connectivity index (χ4v) is 4.00. The molecular weight excluding hydrogens is 453 g/mol. The number of aliphatic hydroxyl groups is 1. The molecule has 1 aliphatic heterocycles. The molecule has 1 aliphatic rings. The van der Waals surface area contributed by atoms with Crippen LogP contribution >= 0.6 is 23.2 Å². The second kappa shape index (κ2) is 10.0. The number of amides is 1. The number of nitrogens with one attached hydrogen (secondary N) is 1. The number of imidazole rings is 1. The van der Waals surface area contributed by atoms with Crippen LogP contribution in [0.25, 0.3) is 0 Å². The summed E-state index contributed by atoms with van der Waals surface area (Å²) in [6, 6.07) is 15.0. The quantitative estimate of drug-likeness (QED) is 0.530. The smallest absolute Gasteiger partial charge is 0.221 e. The summed E-state index contributed by atoms with van der Waals surface area (Å²) in [4.78, 5) is 15.5. The van der Waals surface area contributed by atoms with Crippen LogP contribution in [0.15, 0.2) is 54.9 Å². The van der Waals surface area contributed by atoms with E-state index in [2.05, 4.69) is 10.3 Å². The van der Waals surface area contributed by atoms with Crippen LogP contribution in [0, 0.1) is 0 Å². The molecule has 1 amide bonds. The van der Waals surface area contributed by atoms with Crippen LogP contribution in [-0.4, -0.2) is 26.7 Å². The van der Waals surface area contributed by atoms with E-state index in [1.807, 2.05) is 48.5 Å². The summed E-state index contributed by atoms with van der Waals surface area (Å²) in [6.45, 7) is 1.90. The van der Waals surface area contributed by atoms with Crippen LogP contribution in [0.5, 0.6) is 0 Å². The predicted molar refractivity (Wildman–Crippen MR) is 121 cm³/mol. The minimum absolute atomic E-state index is 0.0179. The summed E-state index contributed by atoms with van der Waals surface area (Å²) in [7, 11) is 0. The van der Waals surface area contributed by atoms with Gasteiger partial charge in [0.15, 0.2) is 11.4 Å². The first-order valence-corrected chi connectivity index (χ1v) is 10.9. The normalized spacial score (nSPS) is 20.8. The highest BCUT2D eigenvalue weighted by Gasteiger charge is 2.33. The summed E-state index contributed by atoms with van der Waals surface area (Å²) in [5.74, 6) is -0.154. The molecule has 2 N–H and O–H groups in total. The number of ether oxygens (including phenoxy) is 2. The number of aliphatic hydroxyl groups excluding tert-OH is 1. The standard InChI is InChI=1S/C23H23Cl2N3O4/c1-14(30)27-18-4-2-3-17(9-18)23-31-19(11-28-13-26-21(24)22(28)25)10-20(32-23)16-7-5-15(12-29)6-8-16/h2-9,13,19-20,23,29H,10-12H2,1H3,(H,27,30). The largest absolute Gasteiger partial charge is 0.392 e. The van der Waals surface area contributed by atoms with Gasteiger partial charge in [0.05, 0.1) is 31.7 Å². The maximum atomic E-state index is 11.5. The van der Waals surface area contributed by atoms with E-state index in [0.29, 0.717) is 23.8 Å². The van der Waals surface area contributed by atoms with Crippen LogP contribution in [0.3, 0.4) is 0 Å². The first-order valence-electron chi connectivity index (χ1n) is 10.2. The molecular formula is C23H23Cl2N3O4. The van der Waals surface area contributed by atoms with Gasteiger partial charge in [-0.1, -0.05) is 59.6 Å². The summed E-state index contributed by atoms with van der Waals surface area (Å²) >= 11 is 12.3. The van der Waals surface area contributed by atoms with E-state index in [4.69, 9.17) is 32.7 Å². The Morgan fingerprint density at radius 1 is 1.19 bits per heavy atom. The summed E-state index contributed by atoms with van der Waals surface area (Å²) in [5.41, 5.74) is 3.26. The number of aromatic nitrogens is 2. The third kappa shape index (κ3) is 5.31. The Hall–Kier alpha value is -2.42. The van der Waals surface area contributed by atoms with E-state index in [1.54, 1.807) is 10.9 Å². The highest BCUT2D eigenvalue weighted by Crippen LogP contribution is 2.39. The van der Waals surface area contributed by atoms with Gasteiger partial charge in [0.2, 0.25) is 5.91 Å². The molecule has 1 fully saturated rings. The number of carbonyl (C=O) groups excluding carboxylic acids is 1. The lowest BCUT2D eigenvalue weighted by Gasteiger charge is -2.36. The first kappa shape index (κ1) is 22.8. The molecule has 0 radical (unpaired) electrons. The molecule has 1 aromatic heterocycles. The fourth-order valence-electron chi connectivity index (χ4n) is 3.69. The van der Waals surface area contributed by atoms with Crippen molar-refractivity contribution in [3.8, 4) is 0 Å². The minimum atomic E-state index is -0.650. The summed E-state index contributed by atoms with van der Waals surface area (Å²) < 4.78 is 14.3. The Kier molecular flexibility index (Phi) is 7.13. The van der Waals surface area contributed by atoms with Crippen molar-refractivity contribution in [1.29, 1.82) is 0 Å². The number of nitrogens with zero attached hydrogens (tertiary/aromatic N) is 2. The van der Waals surface area contributed by atoms with Crippen molar-refractivity contribution in [2.45, 2.75) is 45.0 Å². The molecule has 3 aromatic rings. The molecule has 0 bridgehead atoms. The lowest BCUT2D eigenvalue weighted by atomic mass is 10.00. The fraction of sp³-hybridized carbons (Fsp3) is 0.304. The second-order valence-corrected chi connectivity index (χ2v) is 8.35. The Morgan fingerprint density at radius 2 is 1.97 bits per heavy atom. The number of hydrogen-bond acceptors (Lipinski definition) is 5. The van der Waals surface area contributed by atoms with Gasteiger partial charge < -0.3 is 24.5 Å². The molecule has 0 saturated carbocycles. The van der Waals surface area contributed by atoms with Crippen LogP contribution in [0.4, 0.5) is 5.69 Å². The van der Waals surface area contributed by atoms with Gasteiger partial charge in [-0.2, -0.15) is 0 Å². The monoisotopic (exact) mass is 475 g/mol. The molecule has 0 spiro atoms. The minimum Gasteiger partial charge on any atom is -0.392 e. The zero-order valence-corrected chi connectivity index (χ0v) is 18.9. The highest BCUT2D eigenvalue weighted by molar-refractivity contribution is 6.40. The number of benzene rings is 2. The van der Waals surface area contributed by atoms with Crippen molar-refractivity contribution in [3.05, 3.63) is 81.9 Å². The number of halogens is 2. The van der Waals surface area contributed by atoms with Gasteiger partial charge in [-0.15, -0.1) is 0 Å². The lowest BCUT2D eigenvalue weighted by Crippen LogP contribution is -2.32. The van der Waals surface area contributed by atoms with Gasteiger partial charge >= 0.3 is 0 Å². The highest BCUT2D eigenvalue weighted by atomic mass is 35.5. The maximum absolute atomic E-state index is 11.5. The number of anilines is 1. The molecule has 3 atom stereocenters. The van der Waals surface area contributed by atoms with Crippen LogP contribution < -0.4 is 5.32 Å². The van der Waals surface area contributed by atoms with Crippen molar-refractivity contribution in [3.63, 3.8) is 0 Å². The van der Waals surface area contributed by atoms with Crippen molar-refractivity contribution >= 4 is 34.8 Å².